The first-order valence-corrected chi connectivity index (χ1v) is 28.0. The highest BCUT2D eigenvalue weighted by Gasteiger charge is 2.43. The van der Waals surface area contributed by atoms with Crippen molar-refractivity contribution < 1.29 is 105 Å². The van der Waals surface area contributed by atoms with Crippen LogP contribution in [0.1, 0.15) is 55.6 Å². The molecule has 0 saturated carbocycles. The third-order valence-electron chi connectivity index (χ3n) is 16.4. The monoisotopic (exact) mass is 1380 g/mol. The third kappa shape index (κ3) is 12.1. The van der Waals surface area contributed by atoms with E-state index in [-0.39, 0.29) is 84.6 Å². The molecule has 0 saturated heterocycles. The maximum Gasteiger partial charge on any atom is 0.417 e. The molecule has 12 rings (SSSR count). The Labute approximate surface area is 533 Å². The van der Waals surface area contributed by atoms with Crippen LogP contribution in [0.3, 0.4) is 0 Å². The van der Waals surface area contributed by atoms with Crippen molar-refractivity contribution in [1.82, 2.24) is 9.13 Å². The van der Waals surface area contributed by atoms with Gasteiger partial charge in [0.2, 0.25) is 0 Å². The predicted octanol–water partition coefficient (Wildman–Crippen LogP) is 24.1. The van der Waals surface area contributed by atoms with Gasteiger partial charge in [0.05, 0.1) is 89.6 Å². The topological polar surface area (TPSA) is 57.4 Å². The lowest BCUT2D eigenvalue weighted by molar-refractivity contribution is -0.144. The molecule has 0 unspecified atom stereocenters. The van der Waals surface area contributed by atoms with E-state index in [1.807, 2.05) is 12.1 Å². The summed E-state index contributed by atoms with van der Waals surface area (Å²) in [7, 11) is 0. The second-order valence-electron chi connectivity index (χ2n) is 22.3. The Morgan fingerprint density at radius 1 is 0.255 bits per heavy atom. The van der Waals surface area contributed by atoms with E-state index in [0.717, 1.165) is 88.0 Å². The van der Waals surface area contributed by atoms with E-state index in [1.165, 1.54) is 30.3 Å². The highest BCUT2D eigenvalue weighted by Crippen LogP contribution is 2.50. The van der Waals surface area contributed by atoms with Gasteiger partial charge in [-0.15, -0.1) is 0 Å². The van der Waals surface area contributed by atoms with E-state index in [1.54, 1.807) is 0 Å². The van der Waals surface area contributed by atoms with Gasteiger partial charge in [-0.3, -0.25) is 0 Å². The van der Waals surface area contributed by atoms with Gasteiger partial charge in [-0.1, -0.05) is 84.9 Å². The average Bonchev–Trinajstić information content (AvgIpc) is 1.51. The Hall–Kier alpha value is -10.9. The van der Waals surface area contributed by atoms with Gasteiger partial charge < -0.3 is 9.13 Å². The third-order valence-corrected chi connectivity index (χ3v) is 16.4. The minimum Gasteiger partial charge on any atom is -0.308 e. The molecule has 0 aliphatic rings. The fourth-order valence-corrected chi connectivity index (χ4v) is 12.1. The molecule has 0 atom stereocenters. The van der Waals surface area contributed by atoms with Gasteiger partial charge in [-0.25, -0.2) is 0 Å². The second-order valence-corrected chi connectivity index (χ2v) is 22.3. The van der Waals surface area contributed by atoms with Crippen molar-refractivity contribution in [2.24, 2.45) is 0 Å². The molecule has 0 radical (unpaired) electrons. The molecule has 10 aromatic carbocycles. The smallest absolute Gasteiger partial charge is 0.308 e. The first kappa shape index (κ1) is 67.1. The highest BCUT2D eigenvalue weighted by molar-refractivity contribution is 6.14. The molecule has 0 aliphatic carbocycles. The van der Waals surface area contributed by atoms with E-state index < -0.39 is 155 Å². The number of nitrogens with zero attached hydrogens (tertiary/aromatic N) is 4. The Morgan fingerprint density at radius 3 is 0.939 bits per heavy atom. The predicted molar refractivity (Wildman–Crippen MR) is 312 cm³/mol. The summed E-state index contributed by atoms with van der Waals surface area (Å²) in [5.74, 6) is 0. The van der Waals surface area contributed by atoms with Gasteiger partial charge in [-0.2, -0.15) is 116 Å². The van der Waals surface area contributed by atoms with Gasteiger partial charge in [-0.05, 0) is 147 Å². The van der Waals surface area contributed by atoms with Crippen LogP contribution in [0.2, 0.25) is 0 Å². The van der Waals surface area contributed by atoms with Crippen molar-refractivity contribution in [3.05, 3.63) is 238 Å². The number of nitriles is 2. The van der Waals surface area contributed by atoms with Crippen LogP contribution in [0.25, 0.3) is 111 Å². The van der Waals surface area contributed by atoms with Gasteiger partial charge in [0.25, 0.3) is 0 Å². The standard InChI is InChI=1S/C70H30F24N4/c71-63(72,73)40-8-15-45(54(28-40)68(86,87)88)36-5-12-49-50-13-6-37(46-16-9-41(64(74,75)76)29-55(46)69(89,90)91)25-59(50)97(58(49)24-36)57-19-18-48(35-3-1-2-33(20-35)31-95)62(53(57)32-96)98-60-23-34(39-21-43(66(80,81)82)27-44(22-39)67(83,84)85)4-11-51(60)52-14-7-38(26-61(52)98)47-17-10-42(65(77,78)79)30-56(47)70(92,93)94/h1-30H. The molecule has 98 heavy (non-hydrogen) atoms. The van der Waals surface area contributed by atoms with Crippen LogP contribution in [0.5, 0.6) is 0 Å². The summed E-state index contributed by atoms with van der Waals surface area (Å²) in [6, 6.07) is 26.4. The molecular weight excluding hydrogens is 1350 g/mol. The summed E-state index contributed by atoms with van der Waals surface area (Å²) in [5, 5.41) is 21.9. The lowest BCUT2D eigenvalue weighted by Crippen LogP contribution is -2.12. The number of halogens is 24. The van der Waals surface area contributed by atoms with Crippen molar-refractivity contribution in [1.29, 1.82) is 10.5 Å². The molecule has 0 bridgehead atoms. The van der Waals surface area contributed by atoms with Crippen molar-refractivity contribution in [2.45, 2.75) is 49.4 Å². The highest BCUT2D eigenvalue weighted by atomic mass is 19.4. The Morgan fingerprint density at radius 2 is 0.592 bits per heavy atom. The number of aromatic nitrogens is 2. The lowest BCUT2D eigenvalue weighted by atomic mass is 9.95. The number of hydrogen-bond donors (Lipinski definition) is 0. The molecular formula is C70H30F24N4. The largest absolute Gasteiger partial charge is 0.417 e. The van der Waals surface area contributed by atoms with Gasteiger partial charge in [0.15, 0.2) is 0 Å². The van der Waals surface area contributed by atoms with Gasteiger partial charge in [0.1, 0.15) is 11.6 Å². The normalized spacial score (nSPS) is 13.1. The zero-order chi connectivity index (χ0) is 71.1. The maximum absolute atomic E-state index is 15.1. The zero-order valence-electron chi connectivity index (χ0n) is 48.2. The number of benzene rings is 10. The number of alkyl halides is 24. The second kappa shape index (κ2) is 22.9. The molecule has 2 aromatic heterocycles. The first-order chi connectivity index (χ1) is 45.5. The van der Waals surface area contributed by atoms with Crippen molar-refractivity contribution in [2.75, 3.05) is 0 Å². The fraction of sp³-hybridized carbons (Fsp3) is 0.114. The van der Waals surface area contributed by atoms with Crippen LogP contribution < -0.4 is 0 Å². The van der Waals surface area contributed by atoms with Crippen LogP contribution in [0.15, 0.2) is 182 Å². The van der Waals surface area contributed by atoms with Crippen LogP contribution >= 0.6 is 0 Å². The van der Waals surface area contributed by atoms with Crippen LogP contribution in [0.4, 0.5) is 105 Å². The minimum absolute atomic E-state index is 0.0324. The number of fused-ring (bicyclic) bond motifs is 6. The molecule has 28 heteroatoms. The van der Waals surface area contributed by atoms with E-state index in [4.69, 9.17) is 0 Å². The summed E-state index contributed by atoms with van der Waals surface area (Å²) in [6.45, 7) is 0. The van der Waals surface area contributed by atoms with Crippen molar-refractivity contribution in [3.8, 4) is 79.1 Å². The van der Waals surface area contributed by atoms with Crippen molar-refractivity contribution in [3.63, 3.8) is 0 Å². The van der Waals surface area contributed by atoms with E-state index >= 15 is 39.5 Å². The van der Waals surface area contributed by atoms with Crippen LogP contribution in [-0.2, 0) is 49.4 Å². The summed E-state index contributed by atoms with van der Waals surface area (Å²) in [4.78, 5) is 0. The molecule has 4 nitrogen and oxygen atoms in total. The molecule has 498 valence electrons. The summed E-state index contributed by atoms with van der Waals surface area (Å²) < 4.78 is 351. The summed E-state index contributed by atoms with van der Waals surface area (Å²) >= 11 is 0. The molecule has 0 amide bonds. The van der Waals surface area contributed by atoms with Crippen molar-refractivity contribution >= 4 is 43.6 Å². The SMILES string of the molecule is N#Cc1cccc(-c2ccc(-n3c4cc(-c5ccc(C(F)(F)F)cc5C(F)(F)F)ccc4c4ccc(-c5ccc(C(F)(F)F)cc5C(F)(F)F)cc43)c(C#N)c2-n2c3cc(-c4cc(C(F)(F)F)cc(C(F)(F)F)c4)ccc3c3ccc(-c4ccc(C(F)(F)F)cc4C(F)(F)F)cc32)c1. The Kier molecular flexibility index (Phi) is 15.7. The minimum atomic E-state index is -5.54. The molecule has 2 heterocycles. The van der Waals surface area contributed by atoms with Crippen LogP contribution in [-0.4, -0.2) is 9.13 Å². The van der Waals surface area contributed by atoms with E-state index in [0.29, 0.717) is 48.5 Å². The quantitative estimate of drug-likeness (QED) is 0.149. The Balaban J connectivity index is 1.27. The molecule has 0 aliphatic heterocycles. The lowest BCUT2D eigenvalue weighted by Gasteiger charge is -2.21. The van der Waals surface area contributed by atoms with Crippen LogP contribution in [0, 0.1) is 22.7 Å². The molecule has 0 N–H and O–H groups in total. The fourth-order valence-electron chi connectivity index (χ4n) is 12.1. The first-order valence-electron chi connectivity index (χ1n) is 28.0. The van der Waals surface area contributed by atoms with E-state index in [9.17, 15) is 76.4 Å². The molecule has 12 aromatic rings. The molecule has 0 spiro atoms. The van der Waals surface area contributed by atoms with Gasteiger partial charge >= 0.3 is 49.4 Å². The maximum atomic E-state index is 15.1. The average molecular weight is 1380 g/mol. The summed E-state index contributed by atoms with van der Waals surface area (Å²) in [5.41, 5.74) is -23.2. The Bertz CT molecular complexity index is 5190. The van der Waals surface area contributed by atoms with Gasteiger partial charge in [0, 0.05) is 27.1 Å². The zero-order valence-corrected chi connectivity index (χ0v) is 48.2. The van der Waals surface area contributed by atoms with E-state index in [2.05, 4.69) is 0 Å². The summed E-state index contributed by atoms with van der Waals surface area (Å²) in [6.07, 6.45) is -43.5. The number of hydrogen-bond acceptors (Lipinski definition) is 2. The molecule has 0 fully saturated rings. The number of rotatable bonds is 7.